The number of aromatic nitrogens is 4. The normalized spacial score (nSPS) is 11.5. The summed E-state index contributed by atoms with van der Waals surface area (Å²) in [5.41, 5.74) is 1.24. The van der Waals surface area contributed by atoms with Gasteiger partial charge < -0.3 is 15.4 Å². The van der Waals surface area contributed by atoms with E-state index in [-0.39, 0.29) is 5.91 Å². The Kier molecular flexibility index (Phi) is 4.17. The first kappa shape index (κ1) is 16.9. The van der Waals surface area contributed by atoms with Crippen LogP contribution in [0.4, 0.5) is 5.69 Å². The Balaban J connectivity index is 1.74. The van der Waals surface area contributed by atoms with Crippen molar-refractivity contribution in [1.29, 1.82) is 0 Å². The number of H-pyrrole nitrogens is 1. The number of nitrogens with zero attached hydrogens (tertiary/aromatic N) is 3. The van der Waals surface area contributed by atoms with Crippen molar-refractivity contribution in [3.05, 3.63) is 40.7 Å². The first-order valence-corrected chi connectivity index (χ1v) is 8.36. The lowest BCUT2D eigenvalue weighted by molar-refractivity contribution is -0.146. The van der Waals surface area contributed by atoms with Crippen molar-refractivity contribution in [3.8, 4) is 11.3 Å². The van der Waals surface area contributed by atoms with Crippen LogP contribution in [0.15, 0.2) is 30.0 Å². The van der Waals surface area contributed by atoms with Crippen molar-refractivity contribution in [2.75, 3.05) is 5.32 Å². The van der Waals surface area contributed by atoms with E-state index in [9.17, 15) is 14.7 Å². The zero-order chi connectivity index (χ0) is 18.2. The lowest BCUT2D eigenvalue weighted by Gasteiger charge is -2.19. The van der Waals surface area contributed by atoms with Crippen molar-refractivity contribution >= 4 is 28.9 Å². The first-order valence-electron chi connectivity index (χ1n) is 7.48. The fourth-order valence-corrected chi connectivity index (χ4v) is 2.78. The number of aromatic amines is 1. The molecule has 0 bridgehead atoms. The molecular formula is C16H17N5O3S. The summed E-state index contributed by atoms with van der Waals surface area (Å²) in [5, 5.41) is 18.8. The van der Waals surface area contributed by atoms with Gasteiger partial charge in [0.2, 0.25) is 0 Å². The topological polar surface area (TPSA) is 113 Å². The van der Waals surface area contributed by atoms with E-state index in [1.165, 1.54) is 30.9 Å². The molecule has 3 heterocycles. The van der Waals surface area contributed by atoms with Gasteiger partial charge in [0.1, 0.15) is 5.69 Å². The zero-order valence-electron chi connectivity index (χ0n) is 13.9. The van der Waals surface area contributed by atoms with Gasteiger partial charge in [-0.05, 0) is 26.8 Å². The molecule has 3 aromatic rings. The molecule has 3 aromatic heterocycles. The largest absolute Gasteiger partial charge is 0.479 e. The highest BCUT2D eigenvalue weighted by molar-refractivity contribution is 7.09. The minimum atomic E-state index is -1.20. The van der Waals surface area contributed by atoms with Crippen molar-refractivity contribution in [3.63, 3.8) is 0 Å². The molecule has 0 aliphatic rings. The van der Waals surface area contributed by atoms with Crippen LogP contribution in [0.3, 0.4) is 0 Å². The van der Waals surface area contributed by atoms with Gasteiger partial charge in [-0.25, -0.2) is 9.78 Å². The Hall–Kier alpha value is -2.94. The average molecular weight is 359 g/mol. The molecular weight excluding hydrogens is 342 g/mol. The second-order valence-electron chi connectivity index (χ2n) is 6.05. The number of rotatable bonds is 5. The summed E-state index contributed by atoms with van der Waals surface area (Å²) in [5.74, 6) is -1.35. The summed E-state index contributed by atoms with van der Waals surface area (Å²) in [6.07, 6.45) is 4.62. The second-order valence-corrected chi connectivity index (χ2v) is 7.11. The standard InChI is InChI=1S/C16H17N5O3S/c1-9-19-13(8-25-9)10-4-12(17-5-10)14(22)20-11-6-18-21(7-11)16(2,3)15(23)24/h4-8,17H,1-3H3,(H,20,22)(H,23,24). The molecule has 0 aromatic carbocycles. The smallest absolute Gasteiger partial charge is 0.331 e. The number of aliphatic carboxylic acids is 1. The molecule has 1 amide bonds. The molecule has 3 N–H and O–H groups in total. The molecule has 0 radical (unpaired) electrons. The van der Waals surface area contributed by atoms with Gasteiger partial charge in [-0.3, -0.25) is 9.48 Å². The van der Waals surface area contributed by atoms with Crippen molar-refractivity contribution in [2.45, 2.75) is 26.3 Å². The summed E-state index contributed by atoms with van der Waals surface area (Å²) in [6, 6.07) is 1.72. The van der Waals surface area contributed by atoms with E-state index < -0.39 is 11.5 Å². The van der Waals surface area contributed by atoms with Gasteiger partial charge in [0.15, 0.2) is 5.54 Å². The Morgan fingerprint density at radius 2 is 2.16 bits per heavy atom. The van der Waals surface area contributed by atoms with Crippen LogP contribution in [-0.4, -0.2) is 36.7 Å². The van der Waals surface area contributed by atoms with E-state index in [1.807, 2.05) is 12.3 Å². The van der Waals surface area contributed by atoms with Crippen molar-refractivity contribution in [2.24, 2.45) is 0 Å². The van der Waals surface area contributed by atoms with Crippen LogP contribution in [0.2, 0.25) is 0 Å². The number of hydrogen-bond donors (Lipinski definition) is 3. The van der Waals surface area contributed by atoms with Gasteiger partial charge in [0.05, 0.1) is 22.6 Å². The predicted octanol–water partition coefficient (Wildman–Crippen LogP) is 2.72. The summed E-state index contributed by atoms with van der Waals surface area (Å²) < 4.78 is 1.29. The zero-order valence-corrected chi connectivity index (χ0v) is 14.7. The lowest BCUT2D eigenvalue weighted by Crippen LogP contribution is -2.35. The van der Waals surface area contributed by atoms with Crippen LogP contribution in [0.5, 0.6) is 0 Å². The van der Waals surface area contributed by atoms with Gasteiger partial charge in [0, 0.05) is 23.3 Å². The van der Waals surface area contributed by atoms with Gasteiger partial charge in [-0.15, -0.1) is 11.3 Å². The average Bonchev–Trinajstić information content (AvgIpc) is 3.26. The number of amides is 1. The molecule has 25 heavy (non-hydrogen) atoms. The minimum absolute atomic E-state index is 0.342. The molecule has 9 heteroatoms. The molecule has 0 atom stereocenters. The highest BCUT2D eigenvalue weighted by Crippen LogP contribution is 2.23. The number of carbonyl (C=O) groups is 2. The molecule has 0 saturated heterocycles. The molecule has 0 fully saturated rings. The van der Waals surface area contributed by atoms with E-state index in [0.29, 0.717) is 11.4 Å². The quantitative estimate of drug-likeness (QED) is 0.648. The summed E-state index contributed by atoms with van der Waals surface area (Å²) in [6.45, 7) is 4.98. The number of carboxylic acids is 1. The van der Waals surface area contributed by atoms with Crippen LogP contribution in [0.25, 0.3) is 11.3 Å². The highest BCUT2D eigenvalue weighted by Gasteiger charge is 2.30. The molecule has 0 spiro atoms. The maximum atomic E-state index is 12.3. The number of carbonyl (C=O) groups excluding carboxylic acids is 1. The van der Waals surface area contributed by atoms with E-state index in [4.69, 9.17) is 0 Å². The van der Waals surface area contributed by atoms with Crippen LogP contribution in [0.1, 0.15) is 29.3 Å². The number of hydrogen-bond acceptors (Lipinski definition) is 5. The third-order valence-corrected chi connectivity index (χ3v) is 4.55. The summed E-state index contributed by atoms with van der Waals surface area (Å²) >= 11 is 1.54. The van der Waals surface area contributed by atoms with Gasteiger partial charge in [-0.1, -0.05) is 0 Å². The number of aryl methyl sites for hydroxylation is 1. The van der Waals surface area contributed by atoms with Gasteiger partial charge in [-0.2, -0.15) is 5.10 Å². The molecule has 0 unspecified atom stereocenters. The lowest BCUT2D eigenvalue weighted by atomic mass is 10.1. The maximum Gasteiger partial charge on any atom is 0.331 e. The number of anilines is 1. The fourth-order valence-electron chi connectivity index (χ4n) is 2.16. The number of nitrogens with one attached hydrogen (secondary N) is 2. The first-order chi connectivity index (χ1) is 11.8. The maximum absolute atomic E-state index is 12.3. The monoisotopic (exact) mass is 359 g/mol. The number of carboxylic acid groups (broad SMARTS) is 1. The molecule has 0 aliphatic carbocycles. The highest BCUT2D eigenvalue weighted by atomic mass is 32.1. The van der Waals surface area contributed by atoms with E-state index in [2.05, 4.69) is 20.4 Å². The Labute approximate surface area is 147 Å². The Morgan fingerprint density at radius 3 is 2.80 bits per heavy atom. The van der Waals surface area contributed by atoms with Crippen LogP contribution in [-0.2, 0) is 10.3 Å². The van der Waals surface area contributed by atoms with Gasteiger partial charge >= 0.3 is 5.97 Å². The van der Waals surface area contributed by atoms with Crippen LogP contribution in [0, 0.1) is 6.92 Å². The summed E-state index contributed by atoms with van der Waals surface area (Å²) in [4.78, 5) is 30.9. The summed E-state index contributed by atoms with van der Waals surface area (Å²) in [7, 11) is 0. The van der Waals surface area contributed by atoms with E-state index >= 15 is 0 Å². The number of thiazole rings is 1. The Bertz CT molecular complexity index is 937. The molecule has 8 nitrogen and oxygen atoms in total. The molecule has 130 valence electrons. The Morgan fingerprint density at radius 1 is 1.40 bits per heavy atom. The van der Waals surface area contributed by atoms with Crippen LogP contribution < -0.4 is 5.32 Å². The second kappa shape index (κ2) is 6.17. The minimum Gasteiger partial charge on any atom is -0.479 e. The third kappa shape index (κ3) is 3.31. The molecule has 0 saturated carbocycles. The van der Waals surface area contributed by atoms with E-state index in [0.717, 1.165) is 16.3 Å². The van der Waals surface area contributed by atoms with Crippen molar-refractivity contribution < 1.29 is 14.7 Å². The van der Waals surface area contributed by atoms with Crippen LogP contribution >= 0.6 is 11.3 Å². The predicted molar refractivity (Wildman–Crippen MR) is 93.8 cm³/mol. The van der Waals surface area contributed by atoms with Gasteiger partial charge in [0.25, 0.3) is 5.91 Å². The molecule has 0 aliphatic heterocycles. The third-order valence-electron chi connectivity index (χ3n) is 3.78. The van der Waals surface area contributed by atoms with Crippen molar-refractivity contribution in [1.82, 2.24) is 19.7 Å². The molecule has 3 rings (SSSR count). The SMILES string of the molecule is Cc1nc(-c2c[nH]c(C(=O)Nc3cnn(C(C)(C)C(=O)O)c3)c2)cs1. The fraction of sp³-hybridized carbons (Fsp3) is 0.250. The van der Waals surface area contributed by atoms with E-state index in [1.54, 1.807) is 23.6 Å².